The van der Waals surface area contributed by atoms with Gasteiger partial charge in [0.1, 0.15) is 0 Å². The van der Waals surface area contributed by atoms with E-state index in [2.05, 4.69) is 17.9 Å². The first-order valence-corrected chi connectivity index (χ1v) is 2.83. The van der Waals surface area contributed by atoms with E-state index in [1.807, 2.05) is 31.2 Å². The summed E-state index contributed by atoms with van der Waals surface area (Å²) in [6, 6.07) is 10.7. The maximum Gasteiger partial charge on any atom is 0.0324 e. The summed E-state index contributed by atoms with van der Waals surface area (Å²) in [5.74, 6) is 5.70. The second-order valence-electron chi connectivity index (χ2n) is 1.65. The van der Waals surface area contributed by atoms with E-state index < -0.39 is 0 Å². The van der Waals surface area contributed by atoms with Crippen molar-refractivity contribution in [2.75, 3.05) is 0 Å². The van der Waals surface area contributed by atoms with Gasteiger partial charge in [-0.1, -0.05) is 24.1 Å². The lowest BCUT2D eigenvalue weighted by atomic mass is 10.2. The minimum absolute atomic E-state index is 0.958. The van der Waals surface area contributed by atoms with Crippen LogP contribution in [0.5, 0.6) is 0 Å². The molecule has 9 heavy (non-hydrogen) atoms. The van der Waals surface area contributed by atoms with Crippen molar-refractivity contribution in [1.29, 1.82) is 0 Å². The van der Waals surface area contributed by atoms with Gasteiger partial charge in [0.15, 0.2) is 0 Å². The van der Waals surface area contributed by atoms with Crippen LogP contribution in [0.3, 0.4) is 0 Å². The third-order valence-corrected chi connectivity index (χ3v) is 0.969. The lowest BCUT2D eigenvalue weighted by molar-refractivity contribution is 1.63. The van der Waals surface area contributed by atoms with Gasteiger partial charge in [0.25, 0.3) is 0 Å². The largest absolute Gasteiger partial charge is 0.101 e. The third kappa shape index (κ3) is 1.62. The molecule has 0 bridgehead atoms. The third-order valence-electron chi connectivity index (χ3n) is 0.969. The second-order valence-corrected chi connectivity index (χ2v) is 1.65. The summed E-state index contributed by atoms with van der Waals surface area (Å²) in [5, 5.41) is 0. The molecule has 0 saturated heterocycles. The molecule has 0 unspecified atom stereocenters. The van der Waals surface area contributed by atoms with Gasteiger partial charge >= 0.3 is 0 Å². The predicted octanol–water partition coefficient (Wildman–Crippen LogP) is 1.86. The van der Waals surface area contributed by atoms with Crippen LogP contribution in [0.15, 0.2) is 24.3 Å². The highest BCUT2D eigenvalue weighted by molar-refractivity contribution is 5.31. The Morgan fingerprint density at radius 3 is 2.89 bits per heavy atom. The number of rotatable bonds is 0. The van der Waals surface area contributed by atoms with Gasteiger partial charge in [-0.05, 0) is 19.1 Å². The van der Waals surface area contributed by atoms with Gasteiger partial charge in [0.2, 0.25) is 0 Å². The molecule has 0 atom stereocenters. The molecule has 1 radical (unpaired) electrons. The number of benzene rings is 1. The van der Waals surface area contributed by atoms with Gasteiger partial charge in [-0.15, -0.1) is 5.92 Å². The van der Waals surface area contributed by atoms with Gasteiger partial charge in [0.05, 0.1) is 0 Å². The fourth-order valence-electron chi connectivity index (χ4n) is 0.606. The van der Waals surface area contributed by atoms with E-state index in [0.717, 1.165) is 5.56 Å². The zero-order chi connectivity index (χ0) is 6.53. The van der Waals surface area contributed by atoms with Crippen molar-refractivity contribution in [3.8, 4) is 11.8 Å². The molecule has 0 aliphatic rings. The molecule has 0 saturated carbocycles. The Morgan fingerprint density at radius 1 is 1.44 bits per heavy atom. The normalized spacial score (nSPS) is 7.67. The van der Waals surface area contributed by atoms with Crippen LogP contribution in [-0.4, -0.2) is 0 Å². The molecule has 0 aliphatic carbocycles. The van der Waals surface area contributed by atoms with Crippen LogP contribution < -0.4 is 0 Å². The zero-order valence-electron chi connectivity index (χ0n) is 5.31. The summed E-state index contributed by atoms with van der Waals surface area (Å²) in [7, 11) is 0. The highest BCUT2D eigenvalue weighted by Gasteiger charge is 1.78. The lowest BCUT2D eigenvalue weighted by Crippen LogP contribution is -1.68. The maximum absolute atomic E-state index is 3.00. The first-order valence-electron chi connectivity index (χ1n) is 2.83. The average molecular weight is 115 g/mol. The monoisotopic (exact) mass is 115 g/mol. The van der Waals surface area contributed by atoms with Gasteiger partial charge in [-0.3, -0.25) is 0 Å². The zero-order valence-corrected chi connectivity index (χ0v) is 5.31. The molecule has 1 aromatic carbocycles. The lowest BCUT2D eigenvalue weighted by Gasteiger charge is -1.82. The minimum Gasteiger partial charge on any atom is -0.101 e. The summed E-state index contributed by atoms with van der Waals surface area (Å²) in [6.07, 6.45) is 0. The molecule has 0 aliphatic heterocycles. The fraction of sp³-hybridized carbons (Fsp3) is 0.111. The average Bonchev–Trinajstić information content (AvgIpc) is 1.91. The smallest absolute Gasteiger partial charge is 0.0324 e. The molecule has 0 fully saturated rings. The van der Waals surface area contributed by atoms with Gasteiger partial charge in [-0.25, -0.2) is 0 Å². The van der Waals surface area contributed by atoms with Crippen molar-refractivity contribution < 1.29 is 0 Å². The fourth-order valence-corrected chi connectivity index (χ4v) is 0.606. The molecule has 0 aromatic heterocycles. The van der Waals surface area contributed by atoms with E-state index in [-0.39, 0.29) is 0 Å². The van der Waals surface area contributed by atoms with Gasteiger partial charge in [-0.2, -0.15) is 0 Å². The van der Waals surface area contributed by atoms with Crippen LogP contribution in [0.4, 0.5) is 0 Å². The Morgan fingerprint density at radius 2 is 2.33 bits per heavy atom. The topological polar surface area (TPSA) is 0 Å². The Kier molecular flexibility index (Phi) is 1.93. The highest BCUT2D eigenvalue weighted by atomic mass is 13.8. The Balaban J connectivity index is 2.94. The van der Waals surface area contributed by atoms with E-state index in [9.17, 15) is 0 Å². The highest BCUT2D eigenvalue weighted by Crippen LogP contribution is 1.92. The SMILES string of the molecule is CC#Cc1[c]cccc1. The molecular formula is C9H7. The first kappa shape index (κ1) is 5.91. The summed E-state index contributed by atoms with van der Waals surface area (Å²) in [6.45, 7) is 1.82. The van der Waals surface area contributed by atoms with E-state index in [1.165, 1.54) is 0 Å². The van der Waals surface area contributed by atoms with Crippen molar-refractivity contribution in [3.63, 3.8) is 0 Å². The van der Waals surface area contributed by atoms with Crippen LogP contribution >= 0.6 is 0 Å². The molecule has 0 amide bonds. The van der Waals surface area contributed by atoms with E-state index in [0.29, 0.717) is 0 Å². The summed E-state index contributed by atoms with van der Waals surface area (Å²) in [4.78, 5) is 0. The Labute approximate surface area is 55.5 Å². The first-order chi connectivity index (χ1) is 4.43. The standard InChI is InChI=1S/C9H7/c1-2-6-9-7-4-3-5-8-9/h3-5,7H,1H3. The van der Waals surface area contributed by atoms with Crippen molar-refractivity contribution >= 4 is 0 Å². The van der Waals surface area contributed by atoms with Crippen LogP contribution in [0.2, 0.25) is 0 Å². The molecule has 0 heterocycles. The molecule has 0 nitrogen and oxygen atoms in total. The van der Waals surface area contributed by atoms with Crippen LogP contribution in [0.1, 0.15) is 12.5 Å². The van der Waals surface area contributed by atoms with Gasteiger partial charge in [0, 0.05) is 5.56 Å². The molecule has 0 spiro atoms. The number of hydrogen-bond acceptors (Lipinski definition) is 0. The Hall–Kier alpha value is -1.22. The molecule has 1 aromatic rings. The molecule has 0 N–H and O–H groups in total. The van der Waals surface area contributed by atoms with Crippen LogP contribution in [0, 0.1) is 17.9 Å². The molecule has 1 rings (SSSR count). The van der Waals surface area contributed by atoms with Crippen molar-refractivity contribution in [2.24, 2.45) is 0 Å². The van der Waals surface area contributed by atoms with Crippen molar-refractivity contribution in [1.82, 2.24) is 0 Å². The van der Waals surface area contributed by atoms with Crippen molar-refractivity contribution in [3.05, 3.63) is 35.9 Å². The van der Waals surface area contributed by atoms with E-state index in [4.69, 9.17) is 0 Å². The number of hydrogen-bond donors (Lipinski definition) is 0. The molecule has 43 valence electrons. The van der Waals surface area contributed by atoms with E-state index in [1.54, 1.807) is 0 Å². The summed E-state index contributed by atoms with van der Waals surface area (Å²) >= 11 is 0. The summed E-state index contributed by atoms with van der Waals surface area (Å²) in [5.41, 5.74) is 0.958. The second kappa shape index (κ2) is 2.94. The van der Waals surface area contributed by atoms with E-state index >= 15 is 0 Å². The molecule has 0 heteroatoms. The summed E-state index contributed by atoms with van der Waals surface area (Å²) < 4.78 is 0. The predicted molar refractivity (Wildman–Crippen MR) is 37.8 cm³/mol. The Bertz CT molecular complexity index is 223. The minimum atomic E-state index is 0.958. The maximum atomic E-state index is 3.00. The van der Waals surface area contributed by atoms with Crippen LogP contribution in [0.25, 0.3) is 0 Å². The molecular weight excluding hydrogens is 108 g/mol. The van der Waals surface area contributed by atoms with Gasteiger partial charge < -0.3 is 0 Å². The quantitative estimate of drug-likeness (QED) is 0.453. The van der Waals surface area contributed by atoms with Crippen LogP contribution in [-0.2, 0) is 0 Å². The van der Waals surface area contributed by atoms with Crippen molar-refractivity contribution in [2.45, 2.75) is 6.92 Å².